The predicted octanol–water partition coefficient (Wildman–Crippen LogP) is 3.30. The molecule has 5 heterocycles. The topological polar surface area (TPSA) is 85.9 Å². The number of hydrogen-bond donors (Lipinski definition) is 3. The van der Waals surface area contributed by atoms with Gasteiger partial charge in [-0.2, -0.15) is 0 Å². The number of fused-ring (bicyclic) bond motifs is 2. The number of nitrogens with one attached hydrogen (secondary N) is 1. The van der Waals surface area contributed by atoms with Gasteiger partial charge in [-0.15, -0.1) is 16.4 Å². The molecule has 0 amide bonds. The number of rotatable bonds is 4. The van der Waals surface area contributed by atoms with Crippen LogP contribution < -0.4 is 10.2 Å². The number of hydrogen-bond acceptors (Lipinski definition) is 7. The molecule has 0 bridgehead atoms. The molecule has 2 aliphatic heterocycles. The summed E-state index contributed by atoms with van der Waals surface area (Å²) in [6, 6.07) is 15.2. The number of aliphatic hydroxyl groups is 2. The number of anilines is 1. The molecule has 1 aromatic carbocycles. The minimum Gasteiger partial charge on any atom is -0.395 e. The van der Waals surface area contributed by atoms with Crippen molar-refractivity contribution in [2.24, 2.45) is 0 Å². The molecule has 7 nitrogen and oxygen atoms in total. The molecule has 32 heavy (non-hydrogen) atoms. The van der Waals surface area contributed by atoms with E-state index in [1.807, 2.05) is 22.8 Å². The lowest BCUT2D eigenvalue weighted by Crippen LogP contribution is -2.33. The number of aromatic nitrogens is 3. The zero-order valence-electron chi connectivity index (χ0n) is 18.0. The quantitative estimate of drug-likeness (QED) is 0.441. The number of nitrogens with zero attached hydrogens (tertiary/aromatic N) is 4. The average Bonchev–Trinajstić information content (AvgIpc) is 3.63. The first-order valence-electron chi connectivity index (χ1n) is 11.3. The third kappa shape index (κ3) is 4.23. The predicted molar refractivity (Wildman–Crippen MR) is 129 cm³/mol. The van der Waals surface area contributed by atoms with Gasteiger partial charge in [0.05, 0.1) is 30.3 Å². The fourth-order valence-electron chi connectivity index (χ4n) is 4.53. The van der Waals surface area contributed by atoms with Crippen LogP contribution in [0.15, 0.2) is 48.7 Å². The maximum Gasteiger partial charge on any atom is 0.154 e. The highest BCUT2D eigenvalue weighted by Gasteiger charge is 2.25. The molecule has 3 N–H and O–H groups in total. The van der Waals surface area contributed by atoms with Crippen molar-refractivity contribution in [1.82, 2.24) is 19.9 Å². The van der Waals surface area contributed by atoms with Crippen molar-refractivity contribution in [3.05, 3.63) is 48.7 Å². The monoisotopic (exact) mass is 451 g/mol. The van der Waals surface area contributed by atoms with Crippen molar-refractivity contribution in [1.29, 1.82) is 0 Å². The minimum atomic E-state index is 0.168. The molecule has 0 spiro atoms. The molecule has 0 saturated carbocycles. The van der Waals surface area contributed by atoms with Crippen LogP contribution in [0.5, 0.6) is 0 Å². The van der Waals surface area contributed by atoms with Crippen LogP contribution in [0.1, 0.15) is 25.7 Å². The Labute approximate surface area is 191 Å². The molecule has 2 saturated heterocycles. The molecule has 0 unspecified atom stereocenters. The Bertz CT molecular complexity index is 1150. The van der Waals surface area contributed by atoms with Crippen molar-refractivity contribution < 1.29 is 10.2 Å². The van der Waals surface area contributed by atoms with Gasteiger partial charge in [0, 0.05) is 17.3 Å². The fraction of sp³-hybridized carbons (Fsp3) is 0.417. The lowest BCUT2D eigenvalue weighted by atomic mass is 10.2. The number of thiophene rings is 1. The molecule has 8 heteroatoms. The van der Waals surface area contributed by atoms with E-state index in [2.05, 4.69) is 45.5 Å². The van der Waals surface area contributed by atoms with Gasteiger partial charge in [-0.05, 0) is 61.9 Å². The van der Waals surface area contributed by atoms with Crippen molar-refractivity contribution in [3.8, 4) is 10.6 Å². The highest BCUT2D eigenvalue weighted by molar-refractivity contribution is 7.22. The van der Waals surface area contributed by atoms with Gasteiger partial charge in [-0.25, -0.2) is 9.50 Å². The van der Waals surface area contributed by atoms with Gasteiger partial charge in [-0.1, -0.05) is 18.2 Å². The average molecular weight is 452 g/mol. The molecule has 168 valence electrons. The van der Waals surface area contributed by atoms with E-state index in [1.54, 1.807) is 11.3 Å². The van der Waals surface area contributed by atoms with E-state index in [-0.39, 0.29) is 12.6 Å². The summed E-state index contributed by atoms with van der Waals surface area (Å²) in [6.07, 6.45) is 6.38. The van der Waals surface area contributed by atoms with Gasteiger partial charge in [0.1, 0.15) is 11.5 Å². The van der Waals surface area contributed by atoms with Crippen LogP contribution in [0, 0.1) is 0 Å². The summed E-state index contributed by atoms with van der Waals surface area (Å²) in [7, 11) is 0. The van der Waals surface area contributed by atoms with Gasteiger partial charge in [0.2, 0.25) is 0 Å². The molecule has 2 atom stereocenters. The molecule has 0 aliphatic carbocycles. The SMILES string of the molecule is OC[C@@H]1CCCN1.OC[C@@H]1CCCN1c1ccc2ncc(-c3cc4ccccc4s3)n2n1. The summed E-state index contributed by atoms with van der Waals surface area (Å²) in [6.45, 7) is 2.51. The lowest BCUT2D eigenvalue weighted by molar-refractivity contribution is 0.255. The second-order valence-corrected chi connectivity index (χ2v) is 9.49. The maximum atomic E-state index is 9.60. The minimum absolute atomic E-state index is 0.168. The summed E-state index contributed by atoms with van der Waals surface area (Å²) in [5, 5.41) is 27.3. The molecule has 0 radical (unpaired) electrons. The molecule has 3 aromatic heterocycles. The van der Waals surface area contributed by atoms with E-state index in [1.165, 1.54) is 21.4 Å². The molecule has 2 aliphatic rings. The van der Waals surface area contributed by atoms with Crippen LogP contribution in [0.25, 0.3) is 26.3 Å². The Balaban J connectivity index is 0.000000265. The maximum absolute atomic E-state index is 9.60. The molecule has 4 aromatic rings. The summed E-state index contributed by atoms with van der Waals surface area (Å²) in [4.78, 5) is 7.88. The summed E-state index contributed by atoms with van der Waals surface area (Å²) < 4.78 is 3.19. The Morgan fingerprint density at radius 2 is 1.97 bits per heavy atom. The van der Waals surface area contributed by atoms with Gasteiger partial charge in [0.15, 0.2) is 5.65 Å². The second-order valence-electron chi connectivity index (χ2n) is 8.40. The fourth-order valence-corrected chi connectivity index (χ4v) is 5.59. The normalized spacial score (nSPS) is 20.8. The summed E-state index contributed by atoms with van der Waals surface area (Å²) in [5.74, 6) is 0.907. The van der Waals surface area contributed by atoms with Gasteiger partial charge in [0.25, 0.3) is 0 Å². The molecule has 2 fully saturated rings. The third-order valence-electron chi connectivity index (χ3n) is 6.29. The highest BCUT2D eigenvalue weighted by atomic mass is 32.1. The van der Waals surface area contributed by atoms with E-state index in [4.69, 9.17) is 10.2 Å². The van der Waals surface area contributed by atoms with Crippen LogP contribution in [0.2, 0.25) is 0 Å². The number of aliphatic hydroxyl groups excluding tert-OH is 2. The molecular weight excluding hydrogens is 422 g/mol. The van der Waals surface area contributed by atoms with Crippen molar-refractivity contribution >= 4 is 32.9 Å². The smallest absolute Gasteiger partial charge is 0.154 e. The molecular formula is C24H29N5O2S. The van der Waals surface area contributed by atoms with Crippen LogP contribution >= 0.6 is 11.3 Å². The number of benzene rings is 1. The van der Waals surface area contributed by atoms with Crippen LogP contribution in [-0.4, -0.2) is 63.2 Å². The van der Waals surface area contributed by atoms with E-state index >= 15 is 0 Å². The van der Waals surface area contributed by atoms with E-state index in [0.29, 0.717) is 12.6 Å². The van der Waals surface area contributed by atoms with Crippen LogP contribution in [0.4, 0.5) is 5.82 Å². The van der Waals surface area contributed by atoms with Gasteiger partial charge in [-0.3, -0.25) is 0 Å². The van der Waals surface area contributed by atoms with Gasteiger partial charge < -0.3 is 20.4 Å². The van der Waals surface area contributed by atoms with Crippen molar-refractivity contribution in [2.75, 3.05) is 31.2 Å². The Kier molecular flexibility index (Phi) is 6.36. The zero-order chi connectivity index (χ0) is 21.9. The van der Waals surface area contributed by atoms with E-state index in [0.717, 1.165) is 49.5 Å². The third-order valence-corrected chi connectivity index (χ3v) is 7.43. The van der Waals surface area contributed by atoms with E-state index < -0.39 is 0 Å². The first-order chi connectivity index (χ1) is 15.8. The standard InChI is InChI=1S/C19H18N4OS.C5H11NO/c24-12-14-5-3-9-22(14)19-8-7-18-20-11-15(23(18)21-19)17-10-13-4-1-2-6-16(13)25-17;7-4-5-2-1-3-6-5/h1-2,4,6-8,10-11,14,24H,3,5,9,12H2;5-7H,1-4H2/t14-;5-/m00/s1. The molecule has 6 rings (SSSR count). The van der Waals surface area contributed by atoms with Crippen LogP contribution in [-0.2, 0) is 0 Å². The Hall–Kier alpha value is -2.52. The van der Waals surface area contributed by atoms with Crippen LogP contribution in [0.3, 0.4) is 0 Å². The Morgan fingerprint density at radius 1 is 1.06 bits per heavy atom. The van der Waals surface area contributed by atoms with Gasteiger partial charge >= 0.3 is 0 Å². The number of imidazole rings is 1. The largest absolute Gasteiger partial charge is 0.395 e. The first-order valence-corrected chi connectivity index (χ1v) is 12.1. The summed E-state index contributed by atoms with van der Waals surface area (Å²) >= 11 is 1.76. The zero-order valence-corrected chi connectivity index (χ0v) is 18.8. The summed E-state index contributed by atoms with van der Waals surface area (Å²) in [5.41, 5.74) is 1.86. The second kappa shape index (κ2) is 9.54. The Morgan fingerprint density at radius 3 is 2.72 bits per heavy atom. The lowest BCUT2D eigenvalue weighted by Gasteiger charge is -2.23. The van der Waals surface area contributed by atoms with Crippen molar-refractivity contribution in [3.63, 3.8) is 0 Å². The first kappa shape index (κ1) is 21.3. The highest BCUT2D eigenvalue weighted by Crippen LogP contribution is 2.34. The van der Waals surface area contributed by atoms with E-state index in [9.17, 15) is 5.11 Å². The van der Waals surface area contributed by atoms with Crippen molar-refractivity contribution in [2.45, 2.75) is 37.8 Å².